The Hall–Kier alpha value is -0.570. The van der Waals surface area contributed by atoms with Crippen molar-refractivity contribution >= 4 is 5.91 Å². The molecular weight excluding hydrogens is 224 g/mol. The maximum Gasteiger partial charge on any atom is 0.221 e. The van der Waals surface area contributed by atoms with Gasteiger partial charge < -0.3 is 10.6 Å². The summed E-state index contributed by atoms with van der Waals surface area (Å²) in [6.07, 6.45) is 9.55. The van der Waals surface area contributed by atoms with Gasteiger partial charge in [-0.05, 0) is 25.3 Å². The summed E-state index contributed by atoms with van der Waals surface area (Å²) in [7, 11) is 0. The maximum absolute atomic E-state index is 11.8. The molecule has 1 saturated carbocycles. The smallest absolute Gasteiger partial charge is 0.221 e. The van der Waals surface area contributed by atoms with Crippen LogP contribution in [0, 0.1) is 5.92 Å². The number of hydrogen-bond donors (Lipinski definition) is 2. The first-order chi connectivity index (χ1) is 8.68. The van der Waals surface area contributed by atoms with Crippen molar-refractivity contribution in [2.24, 2.45) is 5.92 Å². The van der Waals surface area contributed by atoms with Crippen molar-refractivity contribution < 1.29 is 4.79 Å². The molecule has 0 spiro atoms. The van der Waals surface area contributed by atoms with E-state index in [1.807, 2.05) is 0 Å². The zero-order valence-corrected chi connectivity index (χ0v) is 12.1. The molecule has 1 amide bonds. The second-order valence-corrected chi connectivity index (χ2v) is 5.96. The summed E-state index contributed by atoms with van der Waals surface area (Å²) in [5.74, 6) is 0.871. The summed E-state index contributed by atoms with van der Waals surface area (Å²) in [6.45, 7) is 6.16. The molecule has 18 heavy (non-hydrogen) atoms. The van der Waals surface area contributed by atoms with Gasteiger partial charge >= 0.3 is 0 Å². The lowest BCUT2D eigenvalue weighted by molar-refractivity contribution is -0.121. The molecule has 3 heteroatoms. The molecule has 1 aliphatic carbocycles. The van der Waals surface area contributed by atoms with Crippen LogP contribution >= 0.6 is 0 Å². The molecule has 0 aromatic carbocycles. The summed E-state index contributed by atoms with van der Waals surface area (Å²) in [5, 5.41) is 6.51. The van der Waals surface area contributed by atoms with Crippen LogP contribution in [0.5, 0.6) is 0 Å². The molecule has 1 aliphatic rings. The summed E-state index contributed by atoms with van der Waals surface area (Å²) < 4.78 is 0. The lowest BCUT2D eigenvalue weighted by Crippen LogP contribution is -2.37. The van der Waals surface area contributed by atoms with Crippen molar-refractivity contribution in [1.82, 2.24) is 10.6 Å². The van der Waals surface area contributed by atoms with Gasteiger partial charge in [0.2, 0.25) is 5.91 Å². The van der Waals surface area contributed by atoms with Crippen molar-refractivity contribution in [3.05, 3.63) is 0 Å². The minimum atomic E-state index is 0.219. The number of carbonyl (C=O) groups is 1. The first-order valence-electron chi connectivity index (χ1n) is 7.68. The molecule has 0 heterocycles. The van der Waals surface area contributed by atoms with Crippen LogP contribution in [0.3, 0.4) is 0 Å². The van der Waals surface area contributed by atoms with Crippen LogP contribution in [0.15, 0.2) is 0 Å². The minimum absolute atomic E-state index is 0.219. The third-order valence-electron chi connectivity index (χ3n) is 3.55. The lowest BCUT2D eigenvalue weighted by Gasteiger charge is -2.21. The van der Waals surface area contributed by atoms with Crippen molar-refractivity contribution in [1.29, 1.82) is 0 Å². The van der Waals surface area contributed by atoms with E-state index in [1.54, 1.807) is 0 Å². The first-order valence-corrected chi connectivity index (χ1v) is 7.68. The highest BCUT2D eigenvalue weighted by molar-refractivity contribution is 5.76. The lowest BCUT2D eigenvalue weighted by atomic mass is 9.96. The topological polar surface area (TPSA) is 41.1 Å². The van der Waals surface area contributed by atoms with E-state index in [2.05, 4.69) is 24.5 Å². The van der Waals surface area contributed by atoms with Gasteiger partial charge in [-0.15, -0.1) is 0 Å². The second-order valence-electron chi connectivity index (χ2n) is 5.96. The normalized spacial score (nSPS) is 18.4. The molecule has 0 aromatic heterocycles. The minimum Gasteiger partial charge on any atom is -0.353 e. The van der Waals surface area contributed by atoms with Gasteiger partial charge in [-0.2, -0.15) is 0 Å². The van der Waals surface area contributed by atoms with Gasteiger partial charge in [-0.3, -0.25) is 4.79 Å². The predicted molar refractivity (Wildman–Crippen MR) is 76.6 cm³/mol. The fraction of sp³-hybridized carbons (Fsp3) is 0.933. The summed E-state index contributed by atoms with van der Waals surface area (Å²) in [4.78, 5) is 11.8. The van der Waals surface area contributed by atoms with E-state index in [4.69, 9.17) is 0 Å². The Balaban J connectivity index is 2.09. The van der Waals surface area contributed by atoms with Crippen LogP contribution in [0.4, 0.5) is 0 Å². The highest BCUT2D eigenvalue weighted by Crippen LogP contribution is 2.17. The van der Waals surface area contributed by atoms with E-state index in [1.165, 1.54) is 44.9 Å². The van der Waals surface area contributed by atoms with Gasteiger partial charge in [-0.25, -0.2) is 0 Å². The molecule has 0 radical (unpaired) electrons. The molecule has 1 fully saturated rings. The molecule has 3 nitrogen and oxygen atoms in total. The molecular formula is C15H30N2O. The Morgan fingerprint density at radius 1 is 1.11 bits per heavy atom. The van der Waals surface area contributed by atoms with Crippen molar-refractivity contribution in [3.63, 3.8) is 0 Å². The Morgan fingerprint density at radius 2 is 1.72 bits per heavy atom. The zero-order valence-electron chi connectivity index (χ0n) is 12.1. The summed E-state index contributed by atoms with van der Waals surface area (Å²) in [5.41, 5.74) is 0. The van der Waals surface area contributed by atoms with Gasteiger partial charge in [0.15, 0.2) is 0 Å². The highest BCUT2D eigenvalue weighted by atomic mass is 16.1. The van der Waals surface area contributed by atoms with Gasteiger partial charge in [0.25, 0.3) is 0 Å². The molecule has 0 aromatic rings. The van der Waals surface area contributed by atoms with Crippen LogP contribution in [-0.4, -0.2) is 25.0 Å². The monoisotopic (exact) mass is 254 g/mol. The third kappa shape index (κ3) is 7.70. The predicted octanol–water partition coefficient (Wildman–Crippen LogP) is 2.85. The van der Waals surface area contributed by atoms with Crippen molar-refractivity contribution in [2.75, 3.05) is 13.1 Å². The summed E-state index contributed by atoms with van der Waals surface area (Å²) >= 11 is 0. The maximum atomic E-state index is 11.8. The van der Waals surface area contributed by atoms with Crippen LogP contribution in [0.1, 0.15) is 65.2 Å². The van der Waals surface area contributed by atoms with E-state index in [9.17, 15) is 4.79 Å². The molecule has 0 atom stereocenters. The SMILES string of the molecule is CC(C)CNCCC(=O)NC1CCCCCCC1. The molecule has 0 aliphatic heterocycles. The Labute approximate surface area is 112 Å². The van der Waals surface area contributed by atoms with Crippen LogP contribution in [0.2, 0.25) is 0 Å². The summed E-state index contributed by atoms with van der Waals surface area (Å²) in [6, 6.07) is 0.433. The van der Waals surface area contributed by atoms with E-state index in [-0.39, 0.29) is 5.91 Å². The van der Waals surface area contributed by atoms with Crippen LogP contribution < -0.4 is 10.6 Å². The van der Waals surface area contributed by atoms with Gasteiger partial charge in [0.1, 0.15) is 0 Å². The van der Waals surface area contributed by atoms with Crippen molar-refractivity contribution in [2.45, 2.75) is 71.3 Å². The first kappa shape index (κ1) is 15.5. The number of carbonyl (C=O) groups excluding carboxylic acids is 1. The number of nitrogens with one attached hydrogen (secondary N) is 2. The quantitative estimate of drug-likeness (QED) is 0.716. The fourth-order valence-electron chi connectivity index (χ4n) is 2.49. The van der Waals surface area contributed by atoms with Crippen LogP contribution in [0.25, 0.3) is 0 Å². The molecule has 0 saturated heterocycles. The zero-order chi connectivity index (χ0) is 13.2. The fourth-order valence-corrected chi connectivity index (χ4v) is 2.49. The highest BCUT2D eigenvalue weighted by Gasteiger charge is 2.13. The number of rotatable bonds is 6. The van der Waals surface area contributed by atoms with Crippen molar-refractivity contribution in [3.8, 4) is 0 Å². The van der Waals surface area contributed by atoms with E-state index in [0.29, 0.717) is 18.4 Å². The Morgan fingerprint density at radius 3 is 2.33 bits per heavy atom. The van der Waals surface area contributed by atoms with E-state index < -0.39 is 0 Å². The molecule has 106 valence electrons. The van der Waals surface area contributed by atoms with Gasteiger partial charge in [0.05, 0.1) is 0 Å². The molecule has 2 N–H and O–H groups in total. The third-order valence-corrected chi connectivity index (χ3v) is 3.55. The molecule has 0 unspecified atom stereocenters. The Bertz CT molecular complexity index is 221. The van der Waals surface area contributed by atoms with Gasteiger partial charge in [-0.1, -0.05) is 46.0 Å². The standard InChI is InChI=1S/C15H30N2O/c1-13(2)12-16-11-10-15(18)17-14-8-6-4-3-5-7-9-14/h13-14,16H,3-12H2,1-2H3,(H,17,18). The second kappa shape index (κ2) is 9.37. The van der Waals surface area contributed by atoms with Gasteiger partial charge in [0, 0.05) is 19.0 Å². The van der Waals surface area contributed by atoms with Crippen LogP contribution in [-0.2, 0) is 4.79 Å². The molecule has 1 rings (SSSR count). The largest absolute Gasteiger partial charge is 0.353 e. The number of hydrogen-bond acceptors (Lipinski definition) is 2. The molecule has 0 bridgehead atoms. The van der Waals surface area contributed by atoms with E-state index >= 15 is 0 Å². The average molecular weight is 254 g/mol. The average Bonchev–Trinajstić information content (AvgIpc) is 2.28. The van der Waals surface area contributed by atoms with E-state index in [0.717, 1.165) is 13.1 Å². The number of amides is 1. The Kier molecular flexibility index (Phi) is 8.06.